The van der Waals surface area contributed by atoms with Crippen molar-refractivity contribution in [2.75, 3.05) is 31.1 Å². The lowest BCUT2D eigenvalue weighted by Crippen LogP contribution is -2.52. The zero-order valence-corrected chi connectivity index (χ0v) is 18.3. The first-order valence-electron chi connectivity index (χ1n) is 11.8. The standard InChI is InChI=1S/C24H34N4O2/c1-17-14-27(15-18(2)30-17)23(29)19-8-7-13-26(16-19)24-25-21-11-5-6-12-22(21)28(24)20-9-3-4-10-20/h5-6,11-12,17-20H,3-4,7-10,13-16H2,1-2H3/t17-,18-,19-/m1/s1. The number of hydrogen-bond acceptors (Lipinski definition) is 4. The van der Waals surface area contributed by atoms with E-state index < -0.39 is 0 Å². The molecule has 0 N–H and O–H groups in total. The predicted molar refractivity (Wildman–Crippen MR) is 119 cm³/mol. The van der Waals surface area contributed by atoms with Gasteiger partial charge in [0.1, 0.15) is 0 Å². The summed E-state index contributed by atoms with van der Waals surface area (Å²) in [5, 5.41) is 0. The third-order valence-corrected chi connectivity index (χ3v) is 7.05. The second-order valence-electron chi connectivity index (χ2n) is 9.49. The fourth-order valence-electron chi connectivity index (χ4n) is 5.75. The van der Waals surface area contributed by atoms with Gasteiger partial charge in [0, 0.05) is 32.2 Å². The Labute approximate surface area is 179 Å². The molecule has 2 saturated heterocycles. The van der Waals surface area contributed by atoms with E-state index in [2.05, 4.69) is 47.6 Å². The van der Waals surface area contributed by atoms with E-state index in [4.69, 9.17) is 9.72 Å². The van der Waals surface area contributed by atoms with Crippen LogP contribution in [0.2, 0.25) is 0 Å². The number of fused-ring (bicyclic) bond motifs is 1. The van der Waals surface area contributed by atoms with E-state index in [0.717, 1.165) is 37.4 Å². The number of benzene rings is 1. The molecule has 1 saturated carbocycles. The second-order valence-corrected chi connectivity index (χ2v) is 9.49. The Hall–Kier alpha value is -2.08. The Morgan fingerprint density at radius 3 is 2.50 bits per heavy atom. The highest BCUT2D eigenvalue weighted by Gasteiger charge is 2.35. The van der Waals surface area contributed by atoms with Crippen LogP contribution in [0, 0.1) is 5.92 Å². The number of morpholine rings is 1. The molecule has 5 rings (SSSR count). The largest absolute Gasteiger partial charge is 0.372 e. The molecular weight excluding hydrogens is 376 g/mol. The van der Waals surface area contributed by atoms with Gasteiger partial charge < -0.3 is 19.1 Å². The number of piperidine rings is 1. The number of aromatic nitrogens is 2. The van der Waals surface area contributed by atoms with E-state index in [1.165, 1.54) is 31.2 Å². The minimum atomic E-state index is 0.0492. The molecule has 0 unspecified atom stereocenters. The van der Waals surface area contributed by atoms with E-state index in [0.29, 0.717) is 25.0 Å². The molecule has 1 aromatic heterocycles. The topological polar surface area (TPSA) is 50.6 Å². The van der Waals surface area contributed by atoms with Crippen molar-refractivity contribution in [3.63, 3.8) is 0 Å². The number of ether oxygens (including phenoxy) is 1. The van der Waals surface area contributed by atoms with Crippen molar-refractivity contribution >= 4 is 22.9 Å². The number of carbonyl (C=O) groups excluding carboxylic acids is 1. The summed E-state index contributed by atoms with van der Waals surface area (Å²) in [6, 6.07) is 9.04. The van der Waals surface area contributed by atoms with Gasteiger partial charge in [0.25, 0.3) is 0 Å². The normalized spacial score (nSPS) is 28.4. The molecule has 6 heteroatoms. The molecule has 162 valence electrons. The Bertz CT molecular complexity index is 894. The summed E-state index contributed by atoms with van der Waals surface area (Å²) in [6.45, 7) is 7.30. The molecule has 0 spiro atoms. The predicted octanol–water partition coefficient (Wildman–Crippen LogP) is 4.00. The zero-order valence-electron chi connectivity index (χ0n) is 18.3. The molecule has 6 nitrogen and oxygen atoms in total. The summed E-state index contributed by atoms with van der Waals surface area (Å²) in [4.78, 5) is 22.8. The molecule has 0 bridgehead atoms. The molecule has 3 fully saturated rings. The van der Waals surface area contributed by atoms with Crippen molar-refractivity contribution in [2.24, 2.45) is 5.92 Å². The summed E-state index contributed by atoms with van der Waals surface area (Å²) >= 11 is 0. The SMILES string of the molecule is C[C@@H]1CN(C(=O)[C@@H]2CCCN(c3nc4ccccc4n3C3CCCC3)C2)C[C@@H](C)O1. The van der Waals surface area contributed by atoms with Crippen LogP contribution < -0.4 is 4.90 Å². The number of anilines is 1. The molecule has 1 aromatic carbocycles. The Balaban J connectivity index is 1.40. The van der Waals surface area contributed by atoms with Gasteiger partial charge in [-0.2, -0.15) is 0 Å². The number of amides is 1. The molecule has 0 radical (unpaired) electrons. The van der Waals surface area contributed by atoms with Crippen molar-refractivity contribution in [3.8, 4) is 0 Å². The maximum atomic E-state index is 13.4. The summed E-state index contributed by atoms with van der Waals surface area (Å²) in [7, 11) is 0. The van der Waals surface area contributed by atoms with E-state index in [-0.39, 0.29) is 18.1 Å². The van der Waals surface area contributed by atoms with Crippen LogP contribution in [0.5, 0.6) is 0 Å². The van der Waals surface area contributed by atoms with Gasteiger partial charge in [0.15, 0.2) is 0 Å². The van der Waals surface area contributed by atoms with Crippen LogP contribution >= 0.6 is 0 Å². The second kappa shape index (κ2) is 8.22. The minimum Gasteiger partial charge on any atom is -0.372 e. The first-order chi connectivity index (χ1) is 14.6. The molecular formula is C24H34N4O2. The maximum absolute atomic E-state index is 13.4. The van der Waals surface area contributed by atoms with Gasteiger partial charge in [-0.15, -0.1) is 0 Å². The average Bonchev–Trinajstić information content (AvgIpc) is 3.40. The first-order valence-corrected chi connectivity index (χ1v) is 11.8. The Kier molecular flexibility index (Phi) is 5.44. The van der Waals surface area contributed by atoms with Gasteiger partial charge in [0.05, 0.1) is 29.2 Å². The number of rotatable bonds is 3. The summed E-state index contributed by atoms with van der Waals surface area (Å²) in [6.07, 6.45) is 7.29. The van der Waals surface area contributed by atoms with Crippen LogP contribution in [0.25, 0.3) is 11.0 Å². The third-order valence-electron chi connectivity index (χ3n) is 7.05. The molecule has 3 aliphatic rings. The van der Waals surface area contributed by atoms with E-state index >= 15 is 0 Å². The Morgan fingerprint density at radius 1 is 1.00 bits per heavy atom. The fourth-order valence-corrected chi connectivity index (χ4v) is 5.75. The van der Waals surface area contributed by atoms with Crippen molar-refractivity contribution in [3.05, 3.63) is 24.3 Å². The number of para-hydroxylation sites is 2. The highest BCUT2D eigenvalue weighted by atomic mass is 16.5. The summed E-state index contributed by atoms with van der Waals surface area (Å²) < 4.78 is 8.31. The molecule has 1 amide bonds. The van der Waals surface area contributed by atoms with Crippen LogP contribution in [0.4, 0.5) is 5.95 Å². The summed E-state index contributed by atoms with van der Waals surface area (Å²) in [5.74, 6) is 1.42. The van der Waals surface area contributed by atoms with Gasteiger partial charge in [-0.25, -0.2) is 4.98 Å². The van der Waals surface area contributed by atoms with E-state index in [9.17, 15) is 4.79 Å². The average molecular weight is 411 g/mol. The van der Waals surface area contributed by atoms with Crippen LogP contribution in [0.15, 0.2) is 24.3 Å². The number of nitrogens with zero attached hydrogens (tertiary/aromatic N) is 4. The van der Waals surface area contributed by atoms with E-state index in [1.54, 1.807) is 0 Å². The van der Waals surface area contributed by atoms with Crippen LogP contribution in [-0.4, -0.2) is 58.7 Å². The quantitative estimate of drug-likeness (QED) is 0.767. The molecule has 3 heterocycles. The van der Waals surface area contributed by atoms with E-state index in [1.807, 2.05) is 4.90 Å². The van der Waals surface area contributed by atoms with Crippen LogP contribution in [0.3, 0.4) is 0 Å². The number of carbonyl (C=O) groups is 1. The van der Waals surface area contributed by atoms with Gasteiger partial charge in [-0.05, 0) is 51.7 Å². The number of hydrogen-bond donors (Lipinski definition) is 0. The van der Waals surface area contributed by atoms with Crippen molar-refractivity contribution < 1.29 is 9.53 Å². The molecule has 3 atom stereocenters. The lowest BCUT2D eigenvalue weighted by Gasteiger charge is -2.40. The molecule has 2 aromatic rings. The monoisotopic (exact) mass is 410 g/mol. The van der Waals surface area contributed by atoms with Gasteiger partial charge >= 0.3 is 0 Å². The lowest BCUT2D eigenvalue weighted by molar-refractivity contribution is -0.147. The highest BCUT2D eigenvalue weighted by molar-refractivity contribution is 5.81. The van der Waals surface area contributed by atoms with Crippen LogP contribution in [0.1, 0.15) is 58.4 Å². The Morgan fingerprint density at radius 2 is 1.73 bits per heavy atom. The highest BCUT2D eigenvalue weighted by Crippen LogP contribution is 2.37. The maximum Gasteiger partial charge on any atom is 0.227 e. The van der Waals surface area contributed by atoms with Crippen molar-refractivity contribution in [2.45, 2.75) is 70.6 Å². The van der Waals surface area contributed by atoms with Gasteiger partial charge in [0.2, 0.25) is 11.9 Å². The fraction of sp³-hybridized carbons (Fsp3) is 0.667. The smallest absolute Gasteiger partial charge is 0.227 e. The molecule has 30 heavy (non-hydrogen) atoms. The number of imidazole rings is 1. The summed E-state index contributed by atoms with van der Waals surface area (Å²) in [5.41, 5.74) is 2.31. The van der Waals surface area contributed by atoms with Crippen molar-refractivity contribution in [1.29, 1.82) is 0 Å². The minimum absolute atomic E-state index is 0.0492. The van der Waals surface area contributed by atoms with Gasteiger partial charge in [-0.3, -0.25) is 4.79 Å². The third kappa shape index (κ3) is 3.70. The van der Waals surface area contributed by atoms with Crippen LogP contribution in [-0.2, 0) is 9.53 Å². The van der Waals surface area contributed by atoms with Crippen molar-refractivity contribution in [1.82, 2.24) is 14.5 Å². The molecule has 2 aliphatic heterocycles. The van der Waals surface area contributed by atoms with Gasteiger partial charge in [-0.1, -0.05) is 25.0 Å². The zero-order chi connectivity index (χ0) is 20.7. The first kappa shape index (κ1) is 19.9. The lowest BCUT2D eigenvalue weighted by atomic mass is 9.96. The molecule has 1 aliphatic carbocycles.